The van der Waals surface area contributed by atoms with E-state index in [2.05, 4.69) is 17.1 Å². The molecule has 1 unspecified atom stereocenters. The van der Waals surface area contributed by atoms with Crippen molar-refractivity contribution >= 4 is 0 Å². The molecule has 1 saturated heterocycles. The van der Waals surface area contributed by atoms with Crippen LogP contribution in [0.2, 0.25) is 0 Å². The van der Waals surface area contributed by atoms with Gasteiger partial charge in [0.05, 0.1) is 6.61 Å². The van der Waals surface area contributed by atoms with E-state index in [0.717, 1.165) is 45.6 Å². The van der Waals surface area contributed by atoms with Crippen LogP contribution in [0.15, 0.2) is 0 Å². The number of likely N-dealkylation sites (tertiary alicyclic amines) is 1. The Morgan fingerprint density at radius 1 is 1.44 bits per heavy atom. The van der Waals surface area contributed by atoms with E-state index in [0.29, 0.717) is 18.6 Å². The summed E-state index contributed by atoms with van der Waals surface area (Å²) in [6.07, 6.45) is 2.29. The SMILES string of the molecule is COCC(C)NCCN1CCC(CO)CC1. The summed E-state index contributed by atoms with van der Waals surface area (Å²) in [7, 11) is 1.73. The normalized spacial score (nSPS) is 21.2. The number of aliphatic hydroxyl groups is 1. The lowest BCUT2D eigenvalue weighted by Gasteiger charge is -2.31. The average Bonchev–Trinajstić information content (AvgIpc) is 2.30. The molecule has 1 aliphatic rings. The molecule has 4 nitrogen and oxygen atoms in total. The number of methoxy groups -OCH3 is 1. The van der Waals surface area contributed by atoms with Crippen LogP contribution in [-0.4, -0.2) is 62.6 Å². The predicted octanol–water partition coefficient (Wildman–Crippen LogP) is 0.315. The summed E-state index contributed by atoms with van der Waals surface area (Å²) in [5, 5.41) is 12.5. The maximum atomic E-state index is 9.04. The summed E-state index contributed by atoms with van der Waals surface area (Å²) in [6, 6.07) is 0.431. The Labute approximate surface area is 99.0 Å². The number of nitrogens with one attached hydrogen (secondary N) is 1. The van der Waals surface area contributed by atoms with Crippen molar-refractivity contribution in [2.75, 3.05) is 46.5 Å². The summed E-state index contributed by atoms with van der Waals surface area (Å²) in [4.78, 5) is 2.47. The van der Waals surface area contributed by atoms with Gasteiger partial charge in [0.1, 0.15) is 0 Å². The van der Waals surface area contributed by atoms with Gasteiger partial charge in [-0.05, 0) is 38.8 Å². The van der Waals surface area contributed by atoms with Gasteiger partial charge in [0, 0.05) is 32.8 Å². The fraction of sp³-hybridized carbons (Fsp3) is 1.00. The minimum Gasteiger partial charge on any atom is -0.396 e. The quantitative estimate of drug-likeness (QED) is 0.661. The van der Waals surface area contributed by atoms with E-state index in [-0.39, 0.29) is 0 Å². The third-order valence-corrected chi connectivity index (χ3v) is 3.30. The van der Waals surface area contributed by atoms with Crippen molar-refractivity contribution in [3.63, 3.8) is 0 Å². The second kappa shape index (κ2) is 8.01. The monoisotopic (exact) mass is 230 g/mol. The first kappa shape index (κ1) is 13.9. The van der Waals surface area contributed by atoms with Gasteiger partial charge in [0.15, 0.2) is 0 Å². The van der Waals surface area contributed by atoms with Crippen LogP contribution in [0, 0.1) is 5.92 Å². The second-order valence-corrected chi connectivity index (χ2v) is 4.78. The molecule has 0 aromatic heterocycles. The van der Waals surface area contributed by atoms with Gasteiger partial charge in [-0.1, -0.05) is 0 Å². The van der Waals surface area contributed by atoms with Crippen LogP contribution < -0.4 is 5.32 Å². The minimum absolute atomic E-state index is 0.358. The van der Waals surface area contributed by atoms with Crippen LogP contribution in [0.4, 0.5) is 0 Å². The topological polar surface area (TPSA) is 44.7 Å². The Kier molecular flexibility index (Phi) is 6.96. The number of nitrogens with zero attached hydrogens (tertiary/aromatic N) is 1. The summed E-state index contributed by atoms with van der Waals surface area (Å²) in [6.45, 7) is 7.66. The Morgan fingerprint density at radius 2 is 2.12 bits per heavy atom. The molecule has 1 atom stereocenters. The zero-order valence-electron chi connectivity index (χ0n) is 10.6. The van der Waals surface area contributed by atoms with Crippen LogP contribution >= 0.6 is 0 Å². The molecule has 2 N–H and O–H groups in total. The molecule has 0 aromatic rings. The highest BCUT2D eigenvalue weighted by atomic mass is 16.5. The highest BCUT2D eigenvalue weighted by Gasteiger charge is 2.17. The number of hydrogen-bond acceptors (Lipinski definition) is 4. The first-order valence-corrected chi connectivity index (χ1v) is 6.31. The molecule has 0 bridgehead atoms. The molecule has 16 heavy (non-hydrogen) atoms. The van der Waals surface area contributed by atoms with Crippen molar-refractivity contribution in [3.8, 4) is 0 Å². The zero-order chi connectivity index (χ0) is 11.8. The maximum Gasteiger partial charge on any atom is 0.0613 e. The number of aliphatic hydroxyl groups excluding tert-OH is 1. The van der Waals surface area contributed by atoms with E-state index in [9.17, 15) is 0 Å². The first-order chi connectivity index (χ1) is 7.76. The van der Waals surface area contributed by atoms with Crippen LogP contribution in [-0.2, 0) is 4.74 Å². The van der Waals surface area contributed by atoms with Gasteiger partial charge in [-0.2, -0.15) is 0 Å². The Bertz CT molecular complexity index is 170. The molecule has 96 valence electrons. The number of rotatable bonds is 7. The van der Waals surface area contributed by atoms with Crippen molar-refractivity contribution in [1.29, 1.82) is 0 Å². The molecule has 0 saturated carbocycles. The molecule has 0 aliphatic carbocycles. The number of hydrogen-bond donors (Lipinski definition) is 2. The largest absolute Gasteiger partial charge is 0.396 e. The second-order valence-electron chi connectivity index (χ2n) is 4.78. The lowest BCUT2D eigenvalue weighted by molar-refractivity contribution is 0.128. The maximum absolute atomic E-state index is 9.04. The van der Waals surface area contributed by atoms with Crippen molar-refractivity contribution in [2.24, 2.45) is 5.92 Å². The lowest BCUT2D eigenvalue weighted by Crippen LogP contribution is -2.41. The smallest absolute Gasteiger partial charge is 0.0613 e. The van der Waals surface area contributed by atoms with E-state index >= 15 is 0 Å². The van der Waals surface area contributed by atoms with E-state index < -0.39 is 0 Å². The molecular weight excluding hydrogens is 204 g/mol. The number of ether oxygens (including phenoxy) is 1. The summed E-state index contributed by atoms with van der Waals surface area (Å²) < 4.78 is 5.07. The molecule has 1 heterocycles. The van der Waals surface area contributed by atoms with Crippen LogP contribution in [0.1, 0.15) is 19.8 Å². The van der Waals surface area contributed by atoms with Gasteiger partial charge >= 0.3 is 0 Å². The highest BCUT2D eigenvalue weighted by molar-refractivity contribution is 4.72. The Hall–Kier alpha value is -0.160. The molecule has 1 fully saturated rings. The van der Waals surface area contributed by atoms with Crippen molar-refractivity contribution < 1.29 is 9.84 Å². The fourth-order valence-corrected chi connectivity index (χ4v) is 2.17. The number of piperidine rings is 1. The third kappa shape index (κ3) is 5.25. The van der Waals surface area contributed by atoms with Gasteiger partial charge in [0.2, 0.25) is 0 Å². The van der Waals surface area contributed by atoms with Gasteiger partial charge in [-0.15, -0.1) is 0 Å². The molecule has 0 spiro atoms. The molecule has 0 aromatic carbocycles. The van der Waals surface area contributed by atoms with Gasteiger partial charge in [-0.25, -0.2) is 0 Å². The van der Waals surface area contributed by atoms with Crippen LogP contribution in [0.5, 0.6) is 0 Å². The lowest BCUT2D eigenvalue weighted by atomic mass is 9.98. The standard InChI is InChI=1S/C12H26N2O2/c1-11(10-16-2)13-5-8-14-6-3-12(9-15)4-7-14/h11-13,15H,3-10H2,1-2H3. The summed E-state index contributed by atoms with van der Waals surface area (Å²) in [5.74, 6) is 0.539. The predicted molar refractivity (Wildman–Crippen MR) is 65.6 cm³/mol. The first-order valence-electron chi connectivity index (χ1n) is 6.31. The summed E-state index contributed by atoms with van der Waals surface area (Å²) in [5.41, 5.74) is 0. The Morgan fingerprint density at radius 3 is 2.69 bits per heavy atom. The molecular formula is C12H26N2O2. The molecule has 4 heteroatoms. The van der Waals surface area contributed by atoms with Gasteiger partial charge < -0.3 is 20.1 Å². The van der Waals surface area contributed by atoms with E-state index in [1.807, 2.05) is 0 Å². The average molecular weight is 230 g/mol. The molecule has 1 aliphatic heterocycles. The van der Waals surface area contributed by atoms with E-state index in [4.69, 9.17) is 9.84 Å². The van der Waals surface area contributed by atoms with Crippen LogP contribution in [0.3, 0.4) is 0 Å². The Balaban J connectivity index is 2.02. The van der Waals surface area contributed by atoms with Gasteiger partial charge in [0.25, 0.3) is 0 Å². The molecule has 1 rings (SSSR count). The third-order valence-electron chi connectivity index (χ3n) is 3.30. The van der Waals surface area contributed by atoms with E-state index in [1.54, 1.807) is 7.11 Å². The molecule has 0 amide bonds. The molecule has 0 radical (unpaired) electrons. The highest BCUT2D eigenvalue weighted by Crippen LogP contribution is 2.15. The van der Waals surface area contributed by atoms with Crippen molar-refractivity contribution in [3.05, 3.63) is 0 Å². The van der Waals surface area contributed by atoms with Crippen molar-refractivity contribution in [1.82, 2.24) is 10.2 Å². The summed E-state index contributed by atoms with van der Waals surface area (Å²) >= 11 is 0. The fourth-order valence-electron chi connectivity index (χ4n) is 2.17. The van der Waals surface area contributed by atoms with Crippen LogP contribution in [0.25, 0.3) is 0 Å². The van der Waals surface area contributed by atoms with Gasteiger partial charge in [-0.3, -0.25) is 0 Å². The minimum atomic E-state index is 0.358. The van der Waals surface area contributed by atoms with E-state index in [1.165, 1.54) is 0 Å². The zero-order valence-corrected chi connectivity index (χ0v) is 10.6. The van der Waals surface area contributed by atoms with Crippen molar-refractivity contribution in [2.45, 2.75) is 25.8 Å².